The van der Waals surface area contributed by atoms with Crippen molar-refractivity contribution in [1.29, 1.82) is 0 Å². The maximum atomic E-state index is 4.93. The number of hydrogen-bond donors (Lipinski definition) is 0. The summed E-state index contributed by atoms with van der Waals surface area (Å²) in [6.45, 7) is 17.8. The van der Waals surface area contributed by atoms with Crippen LogP contribution in [-0.4, -0.2) is 9.52 Å². The zero-order valence-corrected chi connectivity index (χ0v) is 33.0. The molecule has 0 aliphatic carbocycles. The Bertz CT molecular complexity index is 1720. The van der Waals surface area contributed by atoms with Crippen molar-refractivity contribution in [3.8, 4) is 22.3 Å². The summed E-state index contributed by atoms with van der Waals surface area (Å²) in [6.07, 6.45) is 1.09. The van der Waals surface area contributed by atoms with E-state index in [1.807, 2.05) is 0 Å². The zero-order chi connectivity index (χ0) is 33.0. The van der Waals surface area contributed by atoms with Crippen molar-refractivity contribution < 1.29 is 20.8 Å². The van der Waals surface area contributed by atoms with E-state index in [9.17, 15) is 0 Å². The van der Waals surface area contributed by atoms with Crippen LogP contribution in [0.4, 0.5) is 0 Å². The van der Waals surface area contributed by atoms with Gasteiger partial charge in [0.25, 0.3) is 0 Å². The third-order valence-corrected chi connectivity index (χ3v) is 7.81. The molecule has 0 atom stereocenters. The van der Waals surface area contributed by atoms with Gasteiger partial charge >= 0.3 is 37.9 Å². The van der Waals surface area contributed by atoms with Crippen molar-refractivity contribution in [2.45, 2.75) is 72.4 Å². The molecule has 0 saturated carbocycles. The molecular weight excluding hydrogens is 683 g/mol. The standard InChI is InChI=1S/C21H23.C18H17.C2H6Si.2ClH.Zr/c1-5-15-13-17-7-6-8-19(20(17)14-15)16-9-11-18(12-10-16)21(2,3)4;1-13(2)16-11-15-9-6-10-17(18(15)12-16)14-7-4-3-5-8-14;1-3-2;;;/h6-14H,5H2,1-4H3;3-13H,1-2H3;1-2H3;2*1H;/q2*-1;;;;+4/p-2. The summed E-state index contributed by atoms with van der Waals surface area (Å²) in [7, 11) is 11.0. The molecule has 0 aliphatic heterocycles. The molecule has 0 bridgehead atoms. The van der Waals surface area contributed by atoms with Crippen LogP contribution >= 0.6 is 17.0 Å². The first kappa shape index (κ1) is 37.2. The van der Waals surface area contributed by atoms with Gasteiger partial charge in [-0.2, -0.15) is 12.1 Å². The first-order valence-corrected chi connectivity index (χ1v) is 24.0. The van der Waals surface area contributed by atoms with Gasteiger partial charge < -0.3 is 0 Å². The molecule has 6 aromatic rings. The summed E-state index contributed by atoms with van der Waals surface area (Å²) in [5.41, 5.74) is 9.71. The Morgan fingerprint density at radius 3 is 1.67 bits per heavy atom. The molecule has 0 aromatic heterocycles. The Labute approximate surface area is 293 Å². The average Bonchev–Trinajstić information content (AvgIpc) is 3.67. The van der Waals surface area contributed by atoms with Crippen LogP contribution in [-0.2, 0) is 32.7 Å². The summed E-state index contributed by atoms with van der Waals surface area (Å²) in [6, 6.07) is 42.1. The van der Waals surface area contributed by atoms with Gasteiger partial charge in [-0.25, -0.2) is 0 Å². The van der Waals surface area contributed by atoms with Crippen LogP contribution in [0.3, 0.4) is 0 Å². The zero-order valence-electron chi connectivity index (χ0n) is 28.0. The van der Waals surface area contributed by atoms with Gasteiger partial charge in [0, 0.05) is 9.52 Å². The van der Waals surface area contributed by atoms with E-state index in [1.54, 1.807) is 0 Å². The molecule has 0 unspecified atom stereocenters. The third kappa shape index (κ3) is 10.4. The Hall–Kier alpha value is -2.22. The Kier molecular flexibility index (Phi) is 15.1. The molecule has 232 valence electrons. The second-order valence-electron chi connectivity index (χ2n) is 12.5. The molecule has 0 N–H and O–H groups in total. The van der Waals surface area contributed by atoms with Gasteiger partial charge in [0.2, 0.25) is 0 Å². The van der Waals surface area contributed by atoms with Crippen molar-refractivity contribution >= 4 is 48.1 Å². The first-order valence-electron chi connectivity index (χ1n) is 15.7. The van der Waals surface area contributed by atoms with E-state index in [1.165, 1.54) is 60.5 Å². The Morgan fingerprint density at radius 2 is 1.18 bits per heavy atom. The summed E-state index contributed by atoms with van der Waals surface area (Å²) in [5.74, 6) is 0.584. The molecule has 0 spiro atoms. The Balaban J connectivity index is 0.000000211. The third-order valence-electron chi connectivity index (χ3n) is 7.81. The van der Waals surface area contributed by atoms with Gasteiger partial charge in [0.1, 0.15) is 0 Å². The predicted octanol–water partition coefficient (Wildman–Crippen LogP) is 13.6. The quantitative estimate of drug-likeness (QED) is 0.125. The van der Waals surface area contributed by atoms with E-state index in [0.29, 0.717) is 5.92 Å². The van der Waals surface area contributed by atoms with Gasteiger partial charge in [-0.1, -0.05) is 132 Å². The normalized spacial score (nSPS) is 10.7. The maximum absolute atomic E-state index is 4.93. The molecule has 0 aliphatic rings. The molecule has 0 amide bonds. The fraction of sp³-hybridized carbons (Fsp3) is 0.268. The molecular formula is C41H46Cl2SiZr. The van der Waals surface area contributed by atoms with Crippen molar-refractivity contribution in [1.82, 2.24) is 0 Å². The second kappa shape index (κ2) is 18.2. The first-order chi connectivity index (χ1) is 21.6. The van der Waals surface area contributed by atoms with Gasteiger partial charge in [0.05, 0.1) is 0 Å². The summed E-state index contributed by atoms with van der Waals surface area (Å²) >= 11 is -0.826. The number of benzene rings is 4. The van der Waals surface area contributed by atoms with Gasteiger partial charge in [-0.15, -0.1) is 69.1 Å². The molecule has 6 aromatic carbocycles. The fourth-order valence-corrected chi connectivity index (χ4v) is 5.36. The van der Waals surface area contributed by atoms with Crippen molar-refractivity contribution in [2.75, 3.05) is 0 Å². The molecule has 0 nitrogen and oxygen atoms in total. The molecule has 0 saturated heterocycles. The SMILES string of the molecule is CC(C)c1cc2c(-c3ccccc3)cccc2[cH-]1.CCc1cc2c(-c3ccc(C(C)(C)C)cc3)cccc2[cH-]1.C[Si]C.[Cl][Zr+2][Cl]. The summed E-state index contributed by atoms with van der Waals surface area (Å²) in [4.78, 5) is 0. The minimum atomic E-state index is -0.826. The predicted molar refractivity (Wildman–Crippen MR) is 201 cm³/mol. The van der Waals surface area contributed by atoms with Crippen LogP contribution < -0.4 is 0 Å². The monoisotopic (exact) mass is 726 g/mol. The van der Waals surface area contributed by atoms with Crippen LogP contribution in [0.25, 0.3) is 43.8 Å². The summed E-state index contributed by atoms with van der Waals surface area (Å²) < 4.78 is 0. The van der Waals surface area contributed by atoms with E-state index in [-0.39, 0.29) is 5.41 Å². The molecule has 0 fully saturated rings. The summed E-state index contributed by atoms with van der Waals surface area (Å²) in [5, 5.41) is 5.44. The van der Waals surface area contributed by atoms with Crippen LogP contribution in [0.1, 0.15) is 64.2 Å². The van der Waals surface area contributed by atoms with E-state index < -0.39 is 20.8 Å². The van der Waals surface area contributed by atoms with Crippen molar-refractivity contribution in [3.05, 3.63) is 132 Å². The van der Waals surface area contributed by atoms with E-state index in [4.69, 9.17) is 17.0 Å². The Morgan fingerprint density at radius 1 is 0.689 bits per heavy atom. The van der Waals surface area contributed by atoms with Crippen LogP contribution in [0.5, 0.6) is 0 Å². The van der Waals surface area contributed by atoms with Crippen LogP contribution in [0, 0.1) is 0 Å². The molecule has 45 heavy (non-hydrogen) atoms. The van der Waals surface area contributed by atoms with E-state index >= 15 is 0 Å². The van der Waals surface area contributed by atoms with E-state index in [2.05, 4.69) is 170 Å². The van der Waals surface area contributed by atoms with Gasteiger partial charge in [0.15, 0.2) is 0 Å². The fourth-order valence-electron chi connectivity index (χ4n) is 5.36. The topological polar surface area (TPSA) is 0 Å². The minimum absolute atomic E-state index is 0.209. The average molecular weight is 729 g/mol. The number of halogens is 2. The van der Waals surface area contributed by atoms with Crippen molar-refractivity contribution in [2.24, 2.45) is 0 Å². The van der Waals surface area contributed by atoms with Gasteiger partial charge in [-0.05, 0) is 34.4 Å². The number of fused-ring (bicyclic) bond motifs is 2. The molecule has 0 heterocycles. The van der Waals surface area contributed by atoms with Crippen LogP contribution in [0.15, 0.2) is 115 Å². The molecule has 6 rings (SSSR count). The van der Waals surface area contributed by atoms with E-state index in [0.717, 1.165) is 15.9 Å². The van der Waals surface area contributed by atoms with Crippen LogP contribution in [0.2, 0.25) is 13.1 Å². The molecule has 2 radical (unpaired) electrons. The second-order valence-corrected chi connectivity index (χ2v) is 17.3. The molecule has 4 heteroatoms. The number of rotatable bonds is 4. The number of hydrogen-bond acceptors (Lipinski definition) is 0. The number of aryl methyl sites for hydroxylation is 1. The van der Waals surface area contributed by atoms with Crippen molar-refractivity contribution in [3.63, 3.8) is 0 Å². The van der Waals surface area contributed by atoms with Gasteiger partial charge in [-0.3, -0.25) is 0 Å².